The van der Waals surface area contributed by atoms with Gasteiger partial charge < -0.3 is 0 Å². The second-order valence-electron chi connectivity index (χ2n) is 7.33. The highest BCUT2D eigenvalue weighted by Crippen LogP contribution is 2.13. The quantitative estimate of drug-likeness (QED) is 0.639. The Hall–Kier alpha value is -0.120. The van der Waals surface area contributed by atoms with Gasteiger partial charge in [-0.3, -0.25) is 14.7 Å². The Morgan fingerprint density at radius 1 is 0.700 bits per heavy atom. The smallest absolute Gasteiger partial charge is 0.0529 e. The van der Waals surface area contributed by atoms with Crippen molar-refractivity contribution in [2.75, 3.05) is 39.6 Å². The minimum absolute atomic E-state index is 0.810. The molecule has 0 aromatic rings. The van der Waals surface area contributed by atoms with E-state index < -0.39 is 0 Å². The molecule has 1 saturated heterocycles. The lowest BCUT2D eigenvalue weighted by Crippen LogP contribution is -2.55. The minimum atomic E-state index is 0.810. The summed E-state index contributed by atoms with van der Waals surface area (Å²) in [4.78, 5) is 7.91. The van der Waals surface area contributed by atoms with Gasteiger partial charge in [0, 0.05) is 19.6 Å². The van der Waals surface area contributed by atoms with Crippen molar-refractivity contribution in [2.24, 2.45) is 11.8 Å². The highest BCUT2D eigenvalue weighted by atomic mass is 15.5. The molecule has 1 rings (SSSR count). The Balaban J connectivity index is 2.43. The molecule has 0 aromatic heterocycles. The van der Waals surface area contributed by atoms with E-state index in [1.807, 2.05) is 0 Å². The summed E-state index contributed by atoms with van der Waals surface area (Å²) in [5.41, 5.74) is 0. The molecule has 0 unspecified atom stereocenters. The van der Waals surface area contributed by atoms with E-state index in [9.17, 15) is 0 Å². The fourth-order valence-electron chi connectivity index (χ4n) is 2.67. The van der Waals surface area contributed by atoms with Crippen molar-refractivity contribution >= 4 is 0 Å². The third-order valence-electron chi connectivity index (χ3n) is 4.07. The van der Waals surface area contributed by atoms with E-state index in [0.717, 1.165) is 11.8 Å². The highest BCUT2D eigenvalue weighted by molar-refractivity contribution is 4.70. The van der Waals surface area contributed by atoms with Crippen molar-refractivity contribution in [1.82, 2.24) is 14.7 Å². The van der Waals surface area contributed by atoms with Gasteiger partial charge >= 0.3 is 0 Å². The summed E-state index contributed by atoms with van der Waals surface area (Å²) in [5, 5.41) is 0. The average Bonchev–Trinajstić information content (AvgIpc) is 2.40. The summed E-state index contributed by atoms with van der Waals surface area (Å²) in [7, 11) is 0. The average molecular weight is 284 g/mol. The van der Waals surface area contributed by atoms with Crippen molar-refractivity contribution in [3.8, 4) is 0 Å². The minimum Gasteiger partial charge on any atom is -0.277 e. The maximum atomic E-state index is 2.64. The highest BCUT2D eigenvalue weighted by Gasteiger charge is 2.22. The molecule has 1 aliphatic rings. The van der Waals surface area contributed by atoms with Gasteiger partial charge in [-0.1, -0.05) is 41.0 Å². The van der Waals surface area contributed by atoms with Gasteiger partial charge in [0.05, 0.1) is 20.0 Å². The molecule has 20 heavy (non-hydrogen) atoms. The molecule has 0 atom stereocenters. The van der Waals surface area contributed by atoms with Crippen LogP contribution in [0.4, 0.5) is 0 Å². The van der Waals surface area contributed by atoms with Crippen LogP contribution < -0.4 is 0 Å². The maximum Gasteiger partial charge on any atom is 0.0529 e. The zero-order valence-corrected chi connectivity index (χ0v) is 14.6. The number of hydrogen-bond donors (Lipinski definition) is 0. The van der Waals surface area contributed by atoms with Crippen LogP contribution in [-0.2, 0) is 0 Å². The molecule has 120 valence electrons. The Kier molecular flexibility index (Phi) is 8.74. The van der Waals surface area contributed by atoms with E-state index in [1.165, 1.54) is 65.3 Å². The van der Waals surface area contributed by atoms with Gasteiger partial charge in [0.1, 0.15) is 0 Å². The summed E-state index contributed by atoms with van der Waals surface area (Å²) in [5.74, 6) is 1.62. The van der Waals surface area contributed by atoms with E-state index in [2.05, 4.69) is 49.3 Å². The Bertz CT molecular complexity index is 220. The summed E-state index contributed by atoms with van der Waals surface area (Å²) in [6, 6.07) is 0. The monoisotopic (exact) mass is 283 g/mol. The van der Waals surface area contributed by atoms with Crippen LogP contribution >= 0.6 is 0 Å². The standard InChI is InChI=1S/C17H37N3/c1-6-7-10-18-13-19(11-8-16(2)3)15-20(14-18)12-9-17(4)5/h16-17H,6-15H2,1-5H3. The SMILES string of the molecule is CCCCN1CN(CCC(C)C)CN(CCC(C)C)C1. The molecule has 1 fully saturated rings. The number of unbranched alkanes of at least 4 members (excludes halogenated alkanes) is 1. The van der Waals surface area contributed by atoms with E-state index in [-0.39, 0.29) is 0 Å². The van der Waals surface area contributed by atoms with Crippen molar-refractivity contribution in [2.45, 2.75) is 60.3 Å². The maximum absolute atomic E-state index is 2.64. The fourth-order valence-corrected chi connectivity index (χ4v) is 2.67. The van der Waals surface area contributed by atoms with Gasteiger partial charge in [-0.05, 0) is 31.1 Å². The molecule has 0 N–H and O–H groups in total. The predicted molar refractivity (Wildman–Crippen MR) is 88.5 cm³/mol. The third kappa shape index (κ3) is 7.61. The second-order valence-corrected chi connectivity index (χ2v) is 7.33. The first-order chi connectivity index (χ1) is 9.51. The van der Waals surface area contributed by atoms with Crippen LogP contribution in [0.3, 0.4) is 0 Å². The molecule has 0 radical (unpaired) electrons. The van der Waals surface area contributed by atoms with E-state index in [0.29, 0.717) is 0 Å². The van der Waals surface area contributed by atoms with Crippen LogP contribution in [0.2, 0.25) is 0 Å². The predicted octanol–water partition coefficient (Wildman–Crippen LogP) is 3.67. The summed E-state index contributed by atoms with van der Waals surface area (Å²) in [6.45, 7) is 18.9. The van der Waals surface area contributed by atoms with Gasteiger partial charge in [-0.15, -0.1) is 0 Å². The van der Waals surface area contributed by atoms with Crippen molar-refractivity contribution < 1.29 is 0 Å². The van der Waals surface area contributed by atoms with Crippen LogP contribution in [0.25, 0.3) is 0 Å². The lowest BCUT2D eigenvalue weighted by Gasteiger charge is -2.43. The normalized spacial score (nSPS) is 19.4. The summed E-state index contributed by atoms with van der Waals surface area (Å²) < 4.78 is 0. The van der Waals surface area contributed by atoms with Gasteiger partial charge in [0.2, 0.25) is 0 Å². The number of hydrogen-bond acceptors (Lipinski definition) is 3. The van der Waals surface area contributed by atoms with Gasteiger partial charge in [0.25, 0.3) is 0 Å². The zero-order chi connectivity index (χ0) is 15.0. The molecule has 0 bridgehead atoms. The van der Waals surface area contributed by atoms with Crippen LogP contribution in [-0.4, -0.2) is 54.3 Å². The molecule has 0 aliphatic carbocycles. The third-order valence-corrected chi connectivity index (χ3v) is 4.07. The second kappa shape index (κ2) is 9.75. The number of rotatable bonds is 9. The van der Waals surface area contributed by atoms with Gasteiger partial charge in [0.15, 0.2) is 0 Å². The summed E-state index contributed by atoms with van der Waals surface area (Å²) in [6.07, 6.45) is 5.27. The molecule has 0 aromatic carbocycles. The molecule has 0 saturated carbocycles. The van der Waals surface area contributed by atoms with E-state index in [4.69, 9.17) is 0 Å². The lowest BCUT2D eigenvalue weighted by atomic mass is 10.1. The first kappa shape index (κ1) is 17.9. The number of nitrogens with zero attached hydrogens (tertiary/aromatic N) is 3. The fraction of sp³-hybridized carbons (Fsp3) is 1.00. The Labute approximate surface area is 127 Å². The molecular weight excluding hydrogens is 246 g/mol. The molecule has 1 heterocycles. The van der Waals surface area contributed by atoms with E-state index >= 15 is 0 Å². The van der Waals surface area contributed by atoms with Gasteiger partial charge in [-0.25, -0.2) is 0 Å². The first-order valence-corrected chi connectivity index (χ1v) is 8.68. The van der Waals surface area contributed by atoms with Crippen molar-refractivity contribution in [3.63, 3.8) is 0 Å². The van der Waals surface area contributed by atoms with Crippen LogP contribution in [0.5, 0.6) is 0 Å². The van der Waals surface area contributed by atoms with Crippen LogP contribution in [0.1, 0.15) is 60.3 Å². The first-order valence-electron chi connectivity index (χ1n) is 8.68. The zero-order valence-electron chi connectivity index (χ0n) is 14.6. The molecule has 3 nitrogen and oxygen atoms in total. The van der Waals surface area contributed by atoms with Gasteiger partial charge in [-0.2, -0.15) is 0 Å². The lowest BCUT2D eigenvalue weighted by molar-refractivity contribution is -0.0329. The molecule has 1 aliphatic heterocycles. The Morgan fingerprint density at radius 3 is 1.45 bits per heavy atom. The molecule has 3 heteroatoms. The molecule has 0 amide bonds. The molecular formula is C17H37N3. The van der Waals surface area contributed by atoms with Crippen LogP contribution in [0.15, 0.2) is 0 Å². The topological polar surface area (TPSA) is 9.72 Å². The van der Waals surface area contributed by atoms with Crippen molar-refractivity contribution in [1.29, 1.82) is 0 Å². The largest absolute Gasteiger partial charge is 0.277 e. The molecule has 0 spiro atoms. The summed E-state index contributed by atoms with van der Waals surface area (Å²) >= 11 is 0. The van der Waals surface area contributed by atoms with E-state index in [1.54, 1.807) is 0 Å². The Morgan fingerprint density at radius 2 is 1.10 bits per heavy atom. The van der Waals surface area contributed by atoms with Crippen molar-refractivity contribution in [3.05, 3.63) is 0 Å². The van der Waals surface area contributed by atoms with Crippen LogP contribution in [0, 0.1) is 11.8 Å².